The van der Waals surface area contributed by atoms with E-state index in [1.54, 1.807) is 0 Å². The number of rotatable bonds is 2. The minimum atomic E-state index is 0.0603. The molecule has 1 aliphatic heterocycles. The lowest BCUT2D eigenvalue weighted by Gasteiger charge is -2.13. The van der Waals surface area contributed by atoms with Crippen molar-refractivity contribution < 1.29 is 4.79 Å². The highest BCUT2D eigenvalue weighted by atomic mass is 16.1. The Kier molecular flexibility index (Phi) is 2.31. The molecule has 84 valence electrons. The number of fused-ring (bicyclic) bond motifs is 1. The Morgan fingerprint density at radius 2 is 2.06 bits per heavy atom. The average Bonchev–Trinajstić information content (AvgIpc) is 2.90. The van der Waals surface area contributed by atoms with E-state index in [0.717, 1.165) is 16.8 Å². The van der Waals surface area contributed by atoms with E-state index >= 15 is 0 Å². The third kappa shape index (κ3) is 1.66. The minimum absolute atomic E-state index is 0.0603. The zero-order chi connectivity index (χ0) is 11.0. The summed E-state index contributed by atoms with van der Waals surface area (Å²) in [6, 6.07) is 6.71. The van der Waals surface area contributed by atoms with E-state index in [9.17, 15) is 4.79 Å². The minimum Gasteiger partial charge on any atom is -0.382 e. The monoisotopic (exact) mass is 216 g/mol. The lowest BCUT2D eigenvalue weighted by atomic mass is 10.1. The van der Waals surface area contributed by atoms with Gasteiger partial charge in [0.15, 0.2) is 0 Å². The molecule has 1 amide bonds. The first-order valence-electron chi connectivity index (χ1n) is 6.00. The first kappa shape index (κ1) is 9.70. The van der Waals surface area contributed by atoms with Crippen molar-refractivity contribution in [2.24, 2.45) is 0 Å². The van der Waals surface area contributed by atoms with Crippen LogP contribution in [-0.2, 0) is 6.54 Å². The van der Waals surface area contributed by atoms with Crippen LogP contribution in [0.3, 0.4) is 0 Å². The number of anilines is 1. The summed E-state index contributed by atoms with van der Waals surface area (Å²) in [5.74, 6) is 0.0603. The van der Waals surface area contributed by atoms with Crippen LogP contribution in [0.25, 0.3) is 0 Å². The molecule has 2 aliphatic rings. The predicted octanol–water partition coefficient (Wildman–Crippen LogP) is 2.28. The maximum Gasteiger partial charge on any atom is 0.251 e. The number of hydrogen-bond donors (Lipinski definition) is 2. The maximum absolute atomic E-state index is 11.5. The lowest BCUT2D eigenvalue weighted by molar-refractivity contribution is 0.0966. The van der Waals surface area contributed by atoms with Crippen LogP contribution in [-0.4, -0.2) is 11.9 Å². The second-order valence-electron chi connectivity index (χ2n) is 4.68. The molecule has 16 heavy (non-hydrogen) atoms. The first-order chi connectivity index (χ1) is 7.83. The molecule has 0 unspecified atom stereocenters. The van der Waals surface area contributed by atoms with Crippen LogP contribution in [0, 0.1) is 0 Å². The third-order valence-corrected chi connectivity index (χ3v) is 3.52. The van der Waals surface area contributed by atoms with Gasteiger partial charge in [0.05, 0.1) is 0 Å². The molecule has 0 aromatic heterocycles. The van der Waals surface area contributed by atoms with Gasteiger partial charge in [0.1, 0.15) is 0 Å². The van der Waals surface area contributed by atoms with Crippen LogP contribution in [0.4, 0.5) is 5.69 Å². The zero-order valence-corrected chi connectivity index (χ0v) is 9.25. The molecular weight excluding hydrogens is 200 g/mol. The molecule has 1 aromatic carbocycles. The van der Waals surface area contributed by atoms with E-state index in [0.29, 0.717) is 12.6 Å². The van der Waals surface area contributed by atoms with Crippen LogP contribution in [0.1, 0.15) is 41.6 Å². The zero-order valence-electron chi connectivity index (χ0n) is 9.25. The summed E-state index contributed by atoms with van der Waals surface area (Å²) in [4.78, 5) is 11.5. The predicted molar refractivity (Wildman–Crippen MR) is 63.5 cm³/mol. The Labute approximate surface area is 95.2 Å². The number of benzene rings is 1. The Balaban J connectivity index is 1.80. The van der Waals surface area contributed by atoms with E-state index in [-0.39, 0.29) is 5.91 Å². The van der Waals surface area contributed by atoms with Crippen LogP contribution >= 0.6 is 0 Å². The molecule has 0 radical (unpaired) electrons. The molecule has 3 rings (SSSR count). The normalized spacial score (nSPS) is 19.6. The molecule has 0 atom stereocenters. The Bertz CT molecular complexity index is 422. The van der Waals surface area contributed by atoms with Gasteiger partial charge in [0, 0.05) is 23.8 Å². The van der Waals surface area contributed by atoms with Gasteiger partial charge < -0.3 is 10.6 Å². The van der Waals surface area contributed by atoms with Crippen molar-refractivity contribution in [1.82, 2.24) is 5.32 Å². The highest BCUT2D eigenvalue weighted by Crippen LogP contribution is 2.25. The fourth-order valence-corrected chi connectivity index (χ4v) is 2.61. The Hall–Kier alpha value is -1.51. The molecule has 3 nitrogen and oxygen atoms in total. The summed E-state index contributed by atoms with van der Waals surface area (Å²) >= 11 is 0. The van der Waals surface area contributed by atoms with E-state index in [4.69, 9.17) is 0 Å². The van der Waals surface area contributed by atoms with Crippen molar-refractivity contribution in [2.75, 3.05) is 5.32 Å². The topological polar surface area (TPSA) is 41.1 Å². The largest absolute Gasteiger partial charge is 0.382 e. The SMILES string of the molecule is O=C1NCc2ccc(NC3CCCC3)cc21. The molecule has 1 heterocycles. The number of nitrogens with one attached hydrogen (secondary N) is 2. The van der Waals surface area contributed by atoms with Crippen molar-refractivity contribution in [2.45, 2.75) is 38.3 Å². The van der Waals surface area contributed by atoms with Crippen LogP contribution in [0.15, 0.2) is 18.2 Å². The molecule has 0 bridgehead atoms. The molecule has 1 aliphatic carbocycles. The van der Waals surface area contributed by atoms with Crippen molar-refractivity contribution in [3.8, 4) is 0 Å². The van der Waals surface area contributed by atoms with Crippen LogP contribution in [0.5, 0.6) is 0 Å². The summed E-state index contributed by atoms with van der Waals surface area (Å²) in [7, 11) is 0. The van der Waals surface area contributed by atoms with Gasteiger partial charge in [0.25, 0.3) is 5.91 Å². The maximum atomic E-state index is 11.5. The molecule has 0 spiro atoms. The number of carbonyl (C=O) groups is 1. The second kappa shape index (κ2) is 3.81. The van der Waals surface area contributed by atoms with Crippen LogP contribution in [0.2, 0.25) is 0 Å². The van der Waals surface area contributed by atoms with Crippen molar-refractivity contribution in [1.29, 1.82) is 0 Å². The quantitative estimate of drug-likeness (QED) is 0.796. The average molecular weight is 216 g/mol. The molecule has 1 saturated carbocycles. The third-order valence-electron chi connectivity index (χ3n) is 3.52. The van der Waals surface area contributed by atoms with E-state index < -0.39 is 0 Å². The van der Waals surface area contributed by atoms with Gasteiger partial charge in [-0.1, -0.05) is 18.9 Å². The lowest BCUT2D eigenvalue weighted by Crippen LogP contribution is -2.15. The molecule has 1 aromatic rings. The molecular formula is C13H16N2O. The van der Waals surface area contributed by atoms with E-state index in [1.807, 2.05) is 12.1 Å². The van der Waals surface area contributed by atoms with E-state index in [1.165, 1.54) is 25.7 Å². The highest BCUT2D eigenvalue weighted by molar-refractivity contribution is 5.99. The fourth-order valence-electron chi connectivity index (χ4n) is 2.61. The summed E-state index contributed by atoms with van der Waals surface area (Å²) in [5, 5.41) is 6.35. The summed E-state index contributed by atoms with van der Waals surface area (Å²) in [5.41, 5.74) is 3.03. The van der Waals surface area contributed by atoms with Gasteiger partial charge in [-0.3, -0.25) is 4.79 Å². The van der Waals surface area contributed by atoms with Gasteiger partial charge in [-0.25, -0.2) is 0 Å². The van der Waals surface area contributed by atoms with E-state index in [2.05, 4.69) is 16.7 Å². The smallest absolute Gasteiger partial charge is 0.251 e. The van der Waals surface area contributed by atoms with Gasteiger partial charge in [-0.2, -0.15) is 0 Å². The van der Waals surface area contributed by atoms with Gasteiger partial charge in [-0.05, 0) is 30.5 Å². The number of carbonyl (C=O) groups excluding carboxylic acids is 1. The molecule has 0 saturated heterocycles. The standard InChI is InChI=1S/C13H16N2O/c16-13-12-7-11(6-5-9(12)8-14-13)15-10-3-1-2-4-10/h5-7,10,15H,1-4,8H2,(H,14,16). The number of amides is 1. The van der Waals surface area contributed by atoms with Crippen LogP contribution < -0.4 is 10.6 Å². The summed E-state index contributed by atoms with van der Waals surface area (Å²) in [6.07, 6.45) is 5.15. The van der Waals surface area contributed by atoms with Gasteiger partial charge in [-0.15, -0.1) is 0 Å². The second-order valence-corrected chi connectivity index (χ2v) is 4.68. The van der Waals surface area contributed by atoms with Crippen molar-refractivity contribution >= 4 is 11.6 Å². The molecule has 2 N–H and O–H groups in total. The van der Waals surface area contributed by atoms with Crippen molar-refractivity contribution in [3.05, 3.63) is 29.3 Å². The van der Waals surface area contributed by atoms with Gasteiger partial charge >= 0.3 is 0 Å². The number of hydrogen-bond acceptors (Lipinski definition) is 2. The Morgan fingerprint density at radius 1 is 1.25 bits per heavy atom. The summed E-state index contributed by atoms with van der Waals surface area (Å²) in [6.45, 7) is 0.678. The first-order valence-corrected chi connectivity index (χ1v) is 6.00. The summed E-state index contributed by atoms with van der Waals surface area (Å²) < 4.78 is 0. The van der Waals surface area contributed by atoms with Gasteiger partial charge in [0.2, 0.25) is 0 Å². The Morgan fingerprint density at radius 3 is 2.88 bits per heavy atom. The fraction of sp³-hybridized carbons (Fsp3) is 0.462. The molecule has 1 fully saturated rings. The highest BCUT2D eigenvalue weighted by Gasteiger charge is 2.20. The molecule has 3 heteroatoms. The van der Waals surface area contributed by atoms with Crippen molar-refractivity contribution in [3.63, 3.8) is 0 Å².